The number of aromatic nitrogens is 2. The van der Waals surface area contributed by atoms with Gasteiger partial charge >= 0.3 is 12.1 Å². The monoisotopic (exact) mass is 506 g/mol. The maximum absolute atomic E-state index is 11.6. The molecular formula is C25H29F3N4O4. The van der Waals surface area contributed by atoms with Crippen molar-refractivity contribution in [3.05, 3.63) is 59.8 Å². The number of nitrogens with two attached hydrogens (primary N) is 1. The van der Waals surface area contributed by atoms with Crippen LogP contribution < -0.4 is 5.73 Å². The summed E-state index contributed by atoms with van der Waals surface area (Å²) in [5.74, 6) is -2.85. The average Bonchev–Trinajstić information content (AvgIpc) is 3.23. The van der Waals surface area contributed by atoms with E-state index < -0.39 is 23.7 Å². The number of aliphatic hydroxyl groups is 1. The molecule has 1 aromatic heterocycles. The van der Waals surface area contributed by atoms with Crippen LogP contribution in [0.25, 0.3) is 16.6 Å². The number of carbonyl (C=O) groups excluding carboxylic acids is 1. The Balaban J connectivity index is 0.000000454. The average molecular weight is 507 g/mol. The number of nitrogens with zero attached hydrogens (tertiary/aromatic N) is 3. The van der Waals surface area contributed by atoms with E-state index in [-0.39, 0.29) is 0 Å². The zero-order valence-electron chi connectivity index (χ0n) is 20.0. The highest BCUT2D eigenvalue weighted by atomic mass is 19.4. The first kappa shape index (κ1) is 27.2. The standard InChI is InChI=1S/C23H28N4O2.C2HF3O2/c1-23(2,29)18-10-12-26(13-11-18)14-16-6-8-19(9-7-16)27-15-17-4-3-5-20(22(24)28)21(17)25-27;3-2(4,5)1(6)7/h3-9,15,18,29H,10-14H2,1-2H3,(H2,24,28);(H,6,7). The Bertz CT molecular complexity index is 1210. The number of fused-ring (bicyclic) bond motifs is 1. The number of amides is 1. The van der Waals surface area contributed by atoms with Crippen molar-refractivity contribution in [2.45, 2.75) is 45.0 Å². The molecule has 4 N–H and O–H groups in total. The van der Waals surface area contributed by atoms with Crippen molar-refractivity contribution in [3.63, 3.8) is 0 Å². The van der Waals surface area contributed by atoms with Gasteiger partial charge in [-0.1, -0.05) is 24.3 Å². The van der Waals surface area contributed by atoms with Gasteiger partial charge in [0.2, 0.25) is 0 Å². The minimum atomic E-state index is -5.08. The first-order valence-corrected chi connectivity index (χ1v) is 11.4. The van der Waals surface area contributed by atoms with Crippen LogP contribution >= 0.6 is 0 Å². The van der Waals surface area contributed by atoms with Crippen LogP contribution in [-0.2, 0) is 11.3 Å². The summed E-state index contributed by atoms with van der Waals surface area (Å²) in [7, 11) is 0. The van der Waals surface area contributed by atoms with Gasteiger partial charge in [-0.3, -0.25) is 9.69 Å². The molecule has 0 radical (unpaired) electrons. The Labute approximate surface area is 206 Å². The zero-order valence-corrected chi connectivity index (χ0v) is 20.0. The maximum atomic E-state index is 11.6. The number of hydrogen-bond donors (Lipinski definition) is 3. The van der Waals surface area contributed by atoms with Crippen LogP contribution in [0.4, 0.5) is 13.2 Å². The van der Waals surface area contributed by atoms with E-state index in [4.69, 9.17) is 15.6 Å². The molecule has 194 valence electrons. The van der Waals surface area contributed by atoms with E-state index in [1.54, 1.807) is 10.7 Å². The van der Waals surface area contributed by atoms with Crippen molar-refractivity contribution in [1.29, 1.82) is 0 Å². The highest BCUT2D eigenvalue weighted by molar-refractivity contribution is 6.04. The molecule has 1 aliphatic rings. The first-order chi connectivity index (χ1) is 16.8. The molecule has 0 saturated carbocycles. The summed E-state index contributed by atoms with van der Waals surface area (Å²) in [4.78, 5) is 23.0. The molecule has 8 nitrogen and oxygen atoms in total. The fraction of sp³-hybridized carbons (Fsp3) is 0.400. The number of benzene rings is 2. The minimum absolute atomic E-state index is 0.375. The lowest BCUT2D eigenvalue weighted by Crippen LogP contribution is -2.41. The van der Waals surface area contributed by atoms with Gasteiger partial charge in [0.05, 0.1) is 16.9 Å². The smallest absolute Gasteiger partial charge is 0.475 e. The number of hydrogen-bond acceptors (Lipinski definition) is 5. The van der Waals surface area contributed by atoms with Crippen LogP contribution in [0.1, 0.15) is 42.6 Å². The summed E-state index contributed by atoms with van der Waals surface area (Å²) < 4.78 is 33.5. The first-order valence-electron chi connectivity index (χ1n) is 11.4. The van der Waals surface area contributed by atoms with Gasteiger partial charge in [-0.2, -0.15) is 18.3 Å². The van der Waals surface area contributed by atoms with E-state index in [0.29, 0.717) is 17.0 Å². The third-order valence-electron chi connectivity index (χ3n) is 6.24. The van der Waals surface area contributed by atoms with Crippen LogP contribution in [0.5, 0.6) is 0 Å². The third kappa shape index (κ3) is 6.82. The summed E-state index contributed by atoms with van der Waals surface area (Å²) in [6.45, 7) is 6.76. The number of aliphatic carboxylic acids is 1. The van der Waals surface area contributed by atoms with Crippen molar-refractivity contribution >= 4 is 22.8 Å². The lowest BCUT2D eigenvalue weighted by atomic mass is 9.83. The highest BCUT2D eigenvalue weighted by Gasteiger charge is 2.38. The van der Waals surface area contributed by atoms with Gasteiger partial charge in [-0.05, 0) is 69.5 Å². The van der Waals surface area contributed by atoms with Gasteiger partial charge in [0.1, 0.15) is 5.52 Å². The zero-order chi connectivity index (χ0) is 26.7. The fourth-order valence-corrected chi connectivity index (χ4v) is 4.19. The number of alkyl halides is 3. The van der Waals surface area contributed by atoms with Crippen molar-refractivity contribution in [2.75, 3.05) is 13.1 Å². The quantitative estimate of drug-likeness (QED) is 0.485. The number of carboxylic acids is 1. The second kappa shape index (κ2) is 10.7. The number of primary amides is 1. The highest BCUT2D eigenvalue weighted by Crippen LogP contribution is 2.28. The van der Waals surface area contributed by atoms with Gasteiger partial charge in [-0.25, -0.2) is 9.48 Å². The molecular weight excluding hydrogens is 477 g/mol. The molecule has 0 aliphatic carbocycles. The van der Waals surface area contributed by atoms with Gasteiger partial charge in [0.15, 0.2) is 0 Å². The van der Waals surface area contributed by atoms with Gasteiger partial charge < -0.3 is 15.9 Å². The van der Waals surface area contributed by atoms with Gasteiger partial charge in [0.25, 0.3) is 5.91 Å². The van der Waals surface area contributed by atoms with E-state index in [1.807, 2.05) is 32.2 Å². The molecule has 36 heavy (non-hydrogen) atoms. The Hall–Kier alpha value is -3.44. The second-order valence-electron chi connectivity index (χ2n) is 9.35. The lowest BCUT2D eigenvalue weighted by molar-refractivity contribution is -0.192. The molecule has 1 fully saturated rings. The van der Waals surface area contributed by atoms with Crippen molar-refractivity contribution in [3.8, 4) is 5.69 Å². The molecule has 1 amide bonds. The minimum Gasteiger partial charge on any atom is -0.475 e. The predicted octanol–water partition coefficient (Wildman–Crippen LogP) is 3.74. The Morgan fingerprint density at radius 1 is 1.08 bits per heavy atom. The van der Waals surface area contributed by atoms with Crippen molar-refractivity contribution in [1.82, 2.24) is 14.7 Å². The van der Waals surface area contributed by atoms with E-state index >= 15 is 0 Å². The van der Waals surface area contributed by atoms with Gasteiger partial charge in [0, 0.05) is 18.1 Å². The fourth-order valence-electron chi connectivity index (χ4n) is 4.19. The van der Waals surface area contributed by atoms with Crippen LogP contribution in [0, 0.1) is 5.92 Å². The van der Waals surface area contributed by atoms with Crippen molar-refractivity contribution in [2.24, 2.45) is 11.7 Å². The van der Waals surface area contributed by atoms with Crippen LogP contribution in [0.2, 0.25) is 0 Å². The Morgan fingerprint density at radius 3 is 2.17 bits per heavy atom. The number of carboxylic acid groups (broad SMARTS) is 1. The van der Waals surface area contributed by atoms with E-state index in [9.17, 15) is 23.1 Å². The van der Waals surface area contributed by atoms with Crippen LogP contribution in [-0.4, -0.2) is 61.6 Å². The van der Waals surface area contributed by atoms with Crippen molar-refractivity contribution < 1.29 is 33.0 Å². The van der Waals surface area contributed by atoms with Gasteiger partial charge in [-0.15, -0.1) is 0 Å². The largest absolute Gasteiger partial charge is 0.490 e. The Morgan fingerprint density at radius 2 is 1.67 bits per heavy atom. The third-order valence-corrected chi connectivity index (χ3v) is 6.24. The van der Waals surface area contributed by atoms with E-state index in [0.717, 1.165) is 43.5 Å². The lowest BCUT2D eigenvalue weighted by Gasteiger charge is -2.37. The molecule has 0 bridgehead atoms. The van der Waals surface area contributed by atoms with Crippen LogP contribution in [0.3, 0.4) is 0 Å². The Kier molecular flexibility index (Phi) is 8.05. The summed E-state index contributed by atoms with van der Waals surface area (Å²) in [5.41, 5.74) is 8.14. The number of likely N-dealkylation sites (tertiary alicyclic amines) is 1. The second-order valence-corrected chi connectivity index (χ2v) is 9.35. The summed E-state index contributed by atoms with van der Waals surface area (Å²) in [6.07, 6.45) is -1.11. The summed E-state index contributed by atoms with van der Waals surface area (Å²) >= 11 is 0. The molecule has 0 spiro atoms. The molecule has 1 saturated heterocycles. The molecule has 0 unspecified atom stereocenters. The molecule has 3 aromatic rings. The number of piperidine rings is 1. The SMILES string of the molecule is CC(C)(O)C1CCN(Cc2ccc(-n3cc4cccc(C(N)=O)c4n3)cc2)CC1.O=C(O)C(F)(F)F. The summed E-state index contributed by atoms with van der Waals surface area (Å²) in [5, 5.41) is 22.8. The van der Waals surface area contributed by atoms with Crippen LogP contribution in [0.15, 0.2) is 48.7 Å². The normalized spacial score (nSPS) is 15.4. The van der Waals surface area contributed by atoms with E-state index in [2.05, 4.69) is 34.3 Å². The predicted molar refractivity (Wildman–Crippen MR) is 128 cm³/mol. The maximum Gasteiger partial charge on any atom is 0.490 e. The molecule has 11 heteroatoms. The summed E-state index contributed by atoms with van der Waals surface area (Å²) in [6, 6.07) is 13.8. The number of carbonyl (C=O) groups is 2. The number of halogens is 3. The topological polar surface area (TPSA) is 122 Å². The molecule has 1 aliphatic heterocycles. The molecule has 2 heterocycles. The molecule has 4 rings (SSSR count). The van der Waals surface area contributed by atoms with E-state index in [1.165, 1.54) is 5.56 Å². The molecule has 2 aromatic carbocycles. The number of rotatable bonds is 5. The molecule has 0 atom stereocenters.